The van der Waals surface area contributed by atoms with E-state index in [1.54, 1.807) is 0 Å². The van der Waals surface area contributed by atoms with E-state index in [4.69, 9.17) is 0 Å². The minimum atomic E-state index is 0. The molecule has 2 saturated heterocycles. The Labute approximate surface area is 179 Å². The molecule has 2 aromatic heterocycles. The van der Waals surface area contributed by atoms with Crippen molar-refractivity contribution in [1.82, 2.24) is 34.5 Å². The zero-order valence-electron chi connectivity index (χ0n) is 16.4. The molecule has 9 heteroatoms. The zero-order chi connectivity index (χ0) is 17.5. The van der Waals surface area contributed by atoms with Gasteiger partial charge in [0.15, 0.2) is 5.82 Å². The normalized spacial score (nSPS) is 27.1. The molecule has 0 aromatic carbocycles. The van der Waals surface area contributed by atoms with Crippen LogP contribution in [0.1, 0.15) is 37.3 Å². The molecule has 156 valence electrons. The second-order valence-corrected chi connectivity index (χ2v) is 8.18. The Bertz CT molecular complexity index is 730. The molecule has 1 N–H and O–H groups in total. The monoisotopic (exact) mass is 427 g/mol. The van der Waals surface area contributed by atoms with Crippen molar-refractivity contribution >= 4 is 24.8 Å². The molecule has 0 radical (unpaired) electrons. The van der Waals surface area contributed by atoms with Crippen molar-refractivity contribution in [1.29, 1.82) is 0 Å². The molecule has 0 spiro atoms. The van der Waals surface area contributed by atoms with Gasteiger partial charge >= 0.3 is 0 Å². The molecular formula is C19H31Cl2N7. The molecule has 1 unspecified atom stereocenters. The van der Waals surface area contributed by atoms with Gasteiger partial charge in [0.1, 0.15) is 5.82 Å². The van der Waals surface area contributed by atoms with Crippen molar-refractivity contribution in [2.45, 2.75) is 38.8 Å². The van der Waals surface area contributed by atoms with E-state index in [0.29, 0.717) is 5.92 Å². The van der Waals surface area contributed by atoms with E-state index >= 15 is 0 Å². The molecular weight excluding hydrogens is 397 g/mol. The maximum atomic E-state index is 4.59. The van der Waals surface area contributed by atoms with E-state index in [-0.39, 0.29) is 24.8 Å². The fourth-order valence-electron chi connectivity index (χ4n) is 5.15. The molecule has 3 atom stereocenters. The van der Waals surface area contributed by atoms with Crippen LogP contribution in [0.5, 0.6) is 0 Å². The van der Waals surface area contributed by atoms with Crippen LogP contribution in [0, 0.1) is 17.8 Å². The molecule has 4 heterocycles. The van der Waals surface area contributed by atoms with Gasteiger partial charge in [-0.05, 0) is 63.7 Å². The van der Waals surface area contributed by atoms with Gasteiger partial charge in [-0.2, -0.15) is 0 Å². The summed E-state index contributed by atoms with van der Waals surface area (Å²) in [7, 11) is 0. The second kappa shape index (κ2) is 9.11. The van der Waals surface area contributed by atoms with E-state index < -0.39 is 0 Å². The number of aromatic nitrogens is 5. The summed E-state index contributed by atoms with van der Waals surface area (Å²) in [6.45, 7) is 10.1. The fraction of sp³-hybridized carbons (Fsp3) is 0.737. The van der Waals surface area contributed by atoms with Crippen LogP contribution in [-0.4, -0.2) is 61.9 Å². The molecule has 3 fully saturated rings. The highest BCUT2D eigenvalue weighted by Crippen LogP contribution is 2.49. The lowest BCUT2D eigenvalue weighted by molar-refractivity contribution is 0.193. The van der Waals surface area contributed by atoms with Gasteiger partial charge in [-0.3, -0.25) is 0 Å². The number of hydrogen-bond acceptors (Lipinski definition) is 5. The fourth-order valence-corrected chi connectivity index (χ4v) is 5.15. The standard InChI is InChI=1S/C19H29N7.2ClH/c1-2-26-18(12-25-8-5-20-13-25)22-23-19(26)14-3-6-24(7-4-14)11-17-15-9-21-10-16(15)17;;/h5,8,13-17,21H,2-4,6-7,9-12H2,1H3;2*1H/t15-,16+,17?;;. The van der Waals surface area contributed by atoms with E-state index in [0.717, 1.165) is 36.7 Å². The molecule has 0 amide bonds. The third kappa shape index (κ3) is 4.08. The predicted molar refractivity (Wildman–Crippen MR) is 113 cm³/mol. The average molecular weight is 428 g/mol. The number of rotatable bonds is 6. The third-order valence-electron chi connectivity index (χ3n) is 6.75. The number of piperidine rings is 2. The Morgan fingerprint density at radius 1 is 1.11 bits per heavy atom. The maximum Gasteiger partial charge on any atom is 0.153 e. The van der Waals surface area contributed by atoms with Gasteiger partial charge in [-0.25, -0.2) is 4.98 Å². The summed E-state index contributed by atoms with van der Waals surface area (Å²) in [5, 5.41) is 12.6. The van der Waals surface area contributed by atoms with Crippen LogP contribution in [-0.2, 0) is 13.1 Å². The first-order chi connectivity index (χ1) is 12.8. The molecule has 2 aromatic rings. The van der Waals surface area contributed by atoms with Gasteiger partial charge in [0.25, 0.3) is 0 Å². The lowest BCUT2D eigenvalue weighted by Crippen LogP contribution is -2.36. The number of nitrogens with one attached hydrogen (secondary N) is 1. The number of likely N-dealkylation sites (tertiary alicyclic amines) is 1. The van der Waals surface area contributed by atoms with Crippen LogP contribution < -0.4 is 5.32 Å². The molecule has 2 aliphatic heterocycles. The Hall–Kier alpha value is -1.15. The summed E-state index contributed by atoms with van der Waals surface area (Å²) in [4.78, 5) is 6.82. The van der Waals surface area contributed by atoms with Crippen molar-refractivity contribution in [2.75, 3.05) is 32.7 Å². The van der Waals surface area contributed by atoms with Crippen LogP contribution in [0.4, 0.5) is 0 Å². The van der Waals surface area contributed by atoms with Gasteiger partial charge in [0, 0.05) is 31.4 Å². The molecule has 0 bridgehead atoms. The quantitative estimate of drug-likeness (QED) is 0.763. The summed E-state index contributed by atoms with van der Waals surface area (Å²) < 4.78 is 4.38. The SMILES string of the molecule is CCn1c(Cn2ccnc2)nnc1C1CCN(CC2[C@H]3CNC[C@@H]23)CC1.Cl.Cl. The summed E-state index contributed by atoms with van der Waals surface area (Å²) in [6, 6.07) is 0. The van der Waals surface area contributed by atoms with Crippen molar-refractivity contribution < 1.29 is 0 Å². The number of nitrogens with zero attached hydrogens (tertiary/aromatic N) is 6. The van der Waals surface area contributed by atoms with Gasteiger partial charge in [-0.15, -0.1) is 35.0 Å². The lowest BCUT2D eigenvalue weighted by Gasteiger charge is -2.32. The average Bonchev–Trinajstić information content (AvgIpc) is 3.18. The van der Waals surface area contributed by atoms with Gasteiger partial charge in [-0.1, -0.05) is 0 Å². The summed E-state index contributed by atoms with van der Waals surface area (Å²) in [5.41, 5.74) is 0. The van der Waals surface area contributed by atoms with Gasteiger partial charge < -0.3 is 19.4 Å². The molecule has 7 nitrogen and oxygen atoms in total. The first-order valence-electron chi connectivity index (χ1n) is 10.1. The molecule has 1 saturated carbocycles. The van der Waals surface area contributed by atoms with Gasteiger partial charge in [0.05, 0.1) is 12.9 Å². The lowest BCUT2D eigenvalue weighted by atomic mass is 9.95. The van der Waals surface area contributed by atoms with Crippen molar-refractivity contribution in [3.63, 3.8) is 0 Å². The minimum Gasteiger partial charge on any atom is -0.330 e. The molecule has 28 heavy (non-hydrogen) atoms. The molecule has 3 aliphatic rings. The Morgan fingerprint density at radius 3 is 2.50 bits per heavy atom. The number of halogens is 2. The van der Waals surface area contributed by atoms with Crippen LogP contribution in [0.3, 0.4) is 0 Å². The van der Waals surface area contributed by atoms with E-state index in [9.17, 15) is 0 Å². The minimum absolute atomic E-state index is 0. The number of imidazole rings is 1. The van der Waals surface area contributed by atoms with Crippen molar-refractivity contribution in [3.05, 3.63) is 30.4 Å². The number of fused-ring (bicyclic) bond motifs is 1. The van der Waals surface area contributed by atoms with Crippen LogP contribution in [0.2, 0.25) is 0 Å². The highest BCUT2D eigenvalue weighted by atomic mass is 35.5. The second-order valence-electron chi connectivity index (χ2n) is 8.18. The van der Waals surface area contributed by atoms with Crippen molar-refractivity contribution in [2.24, 2.45) is 17.8 Å². The smallest absolute Gasteiger partial charge is 0.153 e. The first-order valence-corrected chi connectivity index (χ1v) is 10.1. The maximum absolute atomic E-state index is 4.59. The van der Waals surface area contributed by atoms with Crippen LogP contribution in [0.15, 0.2) is 18.7 Å². The third-order valence-corrected chi connectivity index (χ3v) is 6.75. The first kappa shape index (κ1) is 21.6. The van der Waals surface area contributed by atoms with E-state index in [1.807, 2.05) is 18.7 Å². The highest BCUT2D eigenvalue weighted by molar-refractivity contribution is 5.85. The summed E-state index contributed by atoms with van der Waals surface area (Å²) in [6.07, 6.45) is 8.06. The highest BCUT2D eigenvalue weighted by Gasteiger charge is 2.52. The predicted octanol–water partition coefficient (Wildman–Crippen LogP) is 2.03. The molecule has 1 aliphatic carbocycles. The molecule has 5 rings (SSSR count). The topological polar surface area (TPSA) is 63.8 Å². The Morgan fingerprint density at radius 2 is 1.86 bits per heavy atom. The summed E-state index contributed by atoms with van der Waals surface area (Å²) in [5.74, 6) is 5.70. The van der Waals surface area contributed by atoms with E-state index in [1.165, 1.54) is 51.4 Å². The van der Waals surface area contributed by atoms with Crippen LogP contribution in [0.25, 0.3) is 0 Å². The number of hydrogen-bond donors (Lipinski definition) is 1. The Balaban J connectivity index is 0.00000112. The van der Waals surface area contributed by atoms with E-state index in [2.05, 4.69) is 41.5 Å². The van der Waals surface area contributed by atoms with Crippen molar-refractivity contribution in [3.8, 4) is 0 Å². The largest absolute Gasteiger partial charge is 0.330 e. The summed E-state index contributed by atoms with van der Waals surface area (Å²) >= 11 is 0. The Kier molecular flexibility index (Phi) is 7.02. The van der Waals surface area contributed by atoms with Crippen LogP contribution >= 0.6 is 24.8 Å². The van der Waals surface area contributed by atoms with Gasteiger partial charge in [0.2, 0.25) is 0 Å². The zero-order valence-corrected chi connectivity index (χ0v) is 18.0.